The summed E-state index contributed by atoms with van der Waals surface area (Å²) in [6.07, 6.45) is 3.41. The van der Waals surface area contributed by atoms with Gasteiger partial charge >= 0.3 is 5.97 Å². The molecular weight excluding hydrogens is 236 g/mol. The maximum Gasteiger partial charge on any atom is 0.309 e. The fourth-order valence-corrected chi connectivity index (χ4v) is 2.99. The van der Waals surface area contributed by atoms with Crippen LogP contribution in [0.5, 0.6) is 0 Å². The molecule has 0 fully saturated rings. The molecule has 0 spiro atoms. The van der Waals surface area contributed by atoms with E-state index in [0.29, 0.717) is 6.42 Å². The van der Waals surface area contributed by atoms with Crippen LogP contribution in [0.3, 0.4) is 0 Å². The van der Waals surface area contributed by atoms with Crippen molar-refractivity contribution in [2.45, 2.75) is 53.4 Å². The molecule has 1 N–H and O–H groups in total. The predicted molar refractivity (Wildman–Crippen MR) is 79.2 cm³/mol. The summed E-state index contributed by atoms with van der Waals surface area (Å²) in [5.41, 5.74) is 0.321. The maximum absolute atomic E-state index is 11.8. The summed E-state index contributed by atoms with van der Waals surface area (Å²) in [6, 6.07) is 10.2. The van der Waals surface area contributed by atoms with Gasteiger partial charge < -0.3 is 5.11 Å². The Morgan fingerprint density at radius 1 is 1.16 bits per heavy atom. The third-order valence-corrected chi connectivity index (χ3v) is 4.75. The largest absolute Gasteiger partial charge is 0.481 e. The zero-order valence-electron chi connectivity index (χ0n) is 12.6. The van der Waals surface area contributed by atoms with Gasteiger partial charge in [0, 0.05) is 0 Å². The highest BCUT2D eigenvalue weighted by Crippen LogP contribution is 2.47. The molecule has 0 saturated carbocycles. The van der Waals surface area contributed by atoms with Crippen LogP contribution in [0.15, 0.2) is 30.3 Å². The first kappa shape index (κ1) is 15.7. The van der Waals surface area contributed by atoms with Gasteiger partial charge in [0.1, 0.15) is 0 Å². The lowest BCUT2D eigenvalue weighted by atomic mass is 9.59. The minimum absolute atomic E-state index is 0.219. The minimum Gasteiger partial charge on any atom is -0.481 e. The monoisotopic (exact) mass is 262 g/mol. The molecule has 0 aliphatic heterocycles. The zero-order chi connectivity index (χ0) is 14.5. The van der Waals surface area contributed by atoms with E-state index in [9.17, 15) is 9.90 Å². The van der Waals surface area contributed by atoms with E-state index in [4.69, 9.17) is 0 Å². The summed E-state index contributed by atoms with van der Waals surface area (Å²) in [7, 11) is 0. The lowest BCUT2D eigenvalue weighted by molar-refractivity contribution is -0.157. The minimum atomic E-state index is -0.682. The molecule has 0 bridgehead atoms. The first-order chi connectivity index (χ1) is 8.89. The van der Waals surface area contributed by atoms with Gasteiger partial charge in [0.2, 0.25) is 0 Å². The summed E-state index contributed by atoms with van der Waals surface area (Å²) in [5.74, 6) is -0.679. The van der Waals surface area contributed by atoms with Crippen molar-refractivity contribution in [2.24, 2.45) is 10.8 Å². The van der Waals surface area contributed by atoms with Crippen LogP contribution in [0.4, 0.5) is 0 Å². The molecule has 1 aromatic rings. The number of benzene rings is 1. The topological polar surface area (TPSA) is 37.3 Å². The van der Waals surface area contributed by atoms with Crippen LogP contribution >= 0.6 is 0 Å². The number of rotatable bonds is 7. The second-order valence-electron chi connectivity index (χ2n) is 5.96. The standard InChI is InChI=1S/C17H26O2/c1-5-12-16(3,17(4,6-2)15(18)19)13-14-10-8-7-9-11-14/h7-11H,5-6,12-13H2,1-4H3,(H,18,19). The second kappa shape index (κ2) is 6.23. The molecule has 1 aromatic carbocycles. The van der Waals surface area contributed by atoms with Crippen molar-refractivity contribution in [3.63, 3.8) is 0 Å². The van der Waals surface area contributed by atoms with Gasteiger partial charge in [0.25, 0.3) is 0 Å². The van der Waals surface area contributed by atoms with Crippen molar-refractivity contribution >= 4 is 5.97 Å². The molecule has 0 aliphatic rings. The van der Waals surface area contributed by atoms with Crippen LogP contribution in [0.1, 0.15) is 52.5 Å². The van der Waals surface area contributed by atoms with Crippen molar-refractivity contribution in [3.05, 3.63) is 35.9 Å². The van der Waals surface area contributed by atoms with E-state index < -0.39 is 11.4 Å². The van der Waals surface area contributed by atoms with Gasteiger partial charge in [0.15, 0.2) is 0 Å². The Labute approximate surface area is 116 Å². The van der Waals surface area contributed by atoms with Crippen molar-refractivity contribution < 1.29 is 9.90 Å². The lowest BCUT2D eigenvalue weighted by Crippen LogP contribution is -2.45. The quantitative estimate of drug-likeness (QED) is 0.783. The summed E-state index contributed by atoms with van der Waals surface area (Å²) >= 11 is 0. The highest BCUT2D eigenvalue weighted by Gasteiger charge is 2.48. The molecular formula is C17H26O2. The van der Waals surface area contributed by atoms with E-state index >= 15 is 0 Å². The third-order valence-electron chi connectivity index (χ3n) is 4.75. The fourth-order valence-electron chi connectivity index (χ4n) is 2.99. The molecule has 1 rings (SSSR count). The van der Waals surface area contributed by atoms with Crippen LogP contribution in [0, 0.1) is 10.8 Å². The van der Waals surface area contributed by atoms with Crippen molar-refractivity contribution in [1.82, 2.24) is 0 Å². The Bertz CT molecular complexity index is 413. The summed E-state index contributed by atoms with van der Waals surface area (Å²) < 4.78 is 0. The summed E-state index contributed by atoms with van der Waals surface area (Å²) in [5, 5.41) is 9.67. The van der Waals surface area contributed by atoms with Gasteiger partial charge in [-0.15, -0.1) is 0 Å². The molecule has 0 aromatic heterocycles. The van der Waals surface area contributed by atoms with Crippen LogP contribution in [0.2, 0.25) is 0 Å². The molecule has 0 heterocycles. The summed E-state index contributed by atoms with van der Waals surface area (Å²) in [6.45, 7) is 8.13. The Hall–Kier alpha value is -1.31. The molecule has 2 unspecified atom stereocenters. The fraction of sp³-hybridized carbons (Fsp3) is 0.588. The predicted octanol–water partition coefficient (Wildman–Crippen LogP) is 4.54. The number of carbonyl (C=O) groups is 1. The van der Waals surface area contributed by atoms with Crippen LogP contribution < -0.4 is 0 Å². The van der Waals surface area contributed by atoms with E-state index in [0.717, 1.165) is 19.3 Å². The molecule has 2 nitrogen and oxygen atoms in total. The van der Waals surface area contributed by atoms with Crippen molar-refractivity contribution in [1.29, 1.82) is 0 Å². The van der Waals surface area contributed by atoms with Gasteiger partial charge in [-0.2, -0.15) is 0 Å². The molecule has 2 atom stereocenters. The number of carboxylic acid groups (broad SMARTS) is 1. The molecule has 0 saturated heterocycles. The second-order valence-corrected chi connectivity index (χ2v) is 5.96. The van der Waals surface area contributed by atoms with E-state index in [1.807, 2.05) is 32.0 Å². The maximum atomic E-state index is 11.8. The number of carboxylic acids is 1. The van der Waals surface area contributed by atoms with Crippen LogP contribution in [-0.4, -0.2) is 11.1 Å². The number of hydrogen-bond acceptors (Lipinski definition) is 1. The van der Waals surface area contributed by atoms with Gasteiger partial charge in [-0.25, -0.2) is 0 Å². The van der Waals surface area contributed by atoms with Crippen LogP contribution in [-0.2, 0) is 11.2 Å². The third kappa shape index (κ3) is 3.17. The average Bonchev–Trinajstić information content (AvgIpc) is 2.38. The molecule has 2 heteroatoms. The van der Waals surface area contributed by atoms with Gasteiger partial charge in [0.05, 0.1) is 5.41 Å². The lowest BCUT2D eigenvalue weighted by Gasteiger charge is -2.43. The molecule has 0 radical (unpaired) electrons. The Balaban J connectivity index is 3.12. The highest BCUT2D eigenvalue weighted by atomic mass is 16.4. The van der Waals surface area contributed by atoms with Gasteiger partial charge in [-0.05, 0) is 37.2 Å². The van der Waals surface area contributed by atoms with Crippen molar-refractivity contribution in [3.8, 4) is 0 Å². The van der Waals surface area contributed by atoms with E-state index in [2.05, 4.69) is 26.0 Å². The van der Waals surface area contributed by atoms with Crippen molar-refractivity contribution in [2.75, 3.05) is 0 Å². The number of aliphatic carboxylic acids is 1. The van der Waals surface area contributed by atoms with Gasteiger partial charge in [-0.3, -0.25) is 4.79 Å². The molecule has 106 valence electrons. The first-order valence-electron chi connectivity index (χ1n) is 7.17. The highest BCUT2D eigenvalue weighted by molar-refractivity contribution is 5.75. The molecule has 0 amide bonds. The smallest absolute Gasteiger partial charge is 0.309 e. The van der Waals surface area contributed by atoms with Gasteiger partial charge in [-0.1, -0.05) is 57.5 Å². The molecule has 0 aliphatic carbocycles. The summed E-state index contributed by atoms with van der Waals surface area (Å²) in [4.78, 5) is 11.8. The first-order valence-corrected chi connectivity index (χ1v) is 7.17. The van der Waals surface area contributed by atoms with Crippen LogP contribution in [0.25, 0.3) is 0 Å². The average molecular weight is 262 g/mol. The number of hydrogen-bond donors (Lipinski definition) is 1. The Morgan fingerprint density at radius 2 is 1.74 bits per heavy atom. The van der Waals surface area contributed by atoms with E-state index in [1.54, 1.807) is 0 Å². The van der Waals surface area contributed by atoms with E-state index in [1.165, 1.54) is 5.56 Å². The SMILES string of the molecule is CCCC(C)(Cc1ccccc1)C(C)(CC)C(=O)O. The zero-order valence-corrected chi connectivity index (χ0v) is 12.6. The molecule has 19 heavy (non-hydrogen) atoms. The Kier molecular flexibility index (Phi) is 5.16. The Morgan fingerprint density at radius 3 is 2.16 bits per heavy atom. The van der Waals surface area contributed by atoms with E-state index in [-0.39, 0.29) is 5.41 Å². The normalized spacial score (nSPS) is 17.5.